The zero-order valence-corrected chi connectivity index (χ0v) is 22.4. The van der Waals surface area contributed by atoms with Gasteiger partial charge in [-0.2, -0.15) is 4.98 Å². The fraction of sp³-hybridized carbons (Fsp3) is 0.556. The molecule has 1 atom stereocenters. The highest BCUT2D eigenvalue weighted by Crippen LogP contribution is 2.52. The maximum absolute atomic E-state index is 12.7. The molecule has 2 heterocycles. The van der Waals surface area contributed by atoms with Gasteiger partial charge in [0.25, 0.3) is 0 Å². The van der Waals surface area contributed by atoms with E-state index in [1.165, 1.54) is 10.1 Å². The van der Waals surface area contributed by atoms with Gasteiger partial charge < -0.3 is 21.3 Å². The van der Waals surface area contributed by atoms with Crippen LogP contribution in [0.1, 0.15) is 38.7 Å². The minimum Gasteiger partial charge on any atom is -0.338 e. The predicted molar refractivity (Wildman–Crippen MR) is 145 cm³/mol. The molecule has 3 aliphatic carbocycles. The molecule has 1 saturated heterocycles. The van der Waals surface area contributed by atoms with Gasteiger partial charge in [-0.1, -0.05) is 12.1 Å². The number of nitrogens with zero attached hydrogens (tertiary/aromatic N) is 5. The van der Waals surface area contributed by atoms with Crippen LogP contribution in [0.3, 0.4) is 0 Å². The lowest BCUT2D eigenvalue weighted by atomic mass is 9.78. The van der Waals surface area contributed by atoms with Crippen LogP contribution in [0.2, 0.25) is 0 Å². The molecule has 1 aliphatic heterocycles. The van der Waals surface area contributed by atoms with Gasteiger partial charge in [0.2, 0.25) is 5.91 Å². The Hall–Kier alpha value is -3.28. The number of urea groups is 1. The summed E-state index contributed by atoms with van der Waals surface area (Å²) in [6.07, 6.45) is 4.95. The highest BCUT2D eigenvalue weighted by Gasteiger charge is 2.54. The van der Waals surface area contributed by atoms with Crippen molar-refractivity contribution < 1.29 is 9.59 Å². The number of nitrogens with one attached hydrogen (secondary N) is 1. The zero-order valence-electron chi connectivity index (χ0n) is 22.4. The molecule has 0 spiro atoms. The molecule has 11 heteroatoms. The van der Waals surface area contributed by atoms with Crippen LogP contribution in [0.15, 0.2) is 41.3 Å². The lowest BCUT2D eigenvalue weighted by molar-refractivity contribution is -0.137. The van der Waals surface area contributed by atoms with Crippen LogP contribution in [-0.2, 0) is 11.3 Å². The van der Waals surface area contributed by atoms with E-state index in [1.807, 2.05) is 24.3 Å². The highest BCUT2D eigenvalue weighted by molar-refractivity contribution is 5.89. The number of carbonyl (C=O) groups is 2. The maximum atomic E-state index is 12.7. The first kappa shape index (κ1) is 26.3. The third kappa shape index (κ3) is 5.31. The molecule has 5 N–H and O–H groups in total. The van der Waals surface area contributed by atoms with Gasteiger partial charge in [-0.3, -0.25) is 19.6 Å². The largest absolute Gasteiger partial charge is 0.354 e. The predicted octanol–water partition coefficient (Wildman–Crippen LogP) is 0.958. The number of hydrogen-bond donors (Lipinski definition) is 3. The van der Waals surface area contributed by atoms with Crippen molar-refractivity contribution in [2.24, 2.45) is 17.4 Å². The van der Waals surface area contributed by atoms with Crippen molar-refractivity contribution in [1.29, 1.82) is 0 Å². The molecule has 3 saturated carbocycles. The van der Waals surface area contributed by atoms with Crippen LogP contribution >= 0.6 is 0 Å². The van der Waals surface area contributed by atoms with E-state index in [4.69, 9.17) is 11.5 Å². The quantitative estimate of drug-likeness (QED) is 0.513. The van der Waals surface area contributed by atoms with Crippen molar-refractivity contribution in [3.8, 4) is 5.69 Å². The molecule has 0 unspecified atom stereocenters. The van der Waals surface area contributed by atoms with Crippen LogP contribution in [0.25, 0.3) is 5.69 Å². The number of aromatic nitrogens is 2. The van der Waals surface area contributed by atoms with E-state index >= 15 is 0 Å². The summed E-state index contributed by atoms with van der Waals surface area (Å²) in [4.78, 5) is 47.5. The Bertz CT molecular complexity index is 1250. The minimum atomic E-state index is -0.945. The third-order valence-electron chi connectivity index (χ3n) is 8.15. The van der Waals surface area contributed by atoms with Crippen molar-refractivity contribution in [2.45, 2.75) is 56.8 Å². The third-order valence-corrected chi connectivity index (χ3v) is 8.15. The van der Waals surface area contributed by atoms with E-state index in [1.54, 1.807) is 35.9 Å². The molecular weight excluding hydrogens is 484 g/mol. The molecule has 4 aliphatic rings. The number of fused-ring (bicyclic) bond motifs is 1. The molecule has 38 heavy (non-hydrogen) atoms. The molecule has 1 aromatic carbocycles. The van der Waals surface area contributed by atoms with Gasteiger partial charge >= 0.3 is 11.7 Å². The summed E-state index contributed by atoms with van der Waals surface area (Å²) in [6.45, 7) is 5.74. The van der Waals surface area contributed by atoms with Crippen LogP contribution < -0.4 is 22.5 Å². The summed E-state index contributed by atoms with van der Waals surface area (Å²) in [5.41, 5.74) is 12.8. The summed E-state index contributed by atoms with van der Waals surface area (Å²) >= 11 is 0. The fourth-order valence-corrected chi connectivity index (χ4v) is 6.07. The second-order valence-corrected chi connectivity index (χ2v) is 11.8. The summed E-state index contributed by atoms with van der Waals surface area (Å²) in [6, 6.07) is 9.66. The second kappa shape index (κ2) is 9.79. The van der Waals surface area contributed by atoms with E-state index in [-0.39, 0.29) is 23.3 Å². The maximum Gasteiger partial charge on any atom is 0.354 e. The van der Waals surface area contributed by atoms with Gasteiger partial charge in [-0.15, -0.1) is 0 Å². The van der Waals surface area contributed by atoms with Crippen molar-refractivity contribution in [3.63, 3.8) is 0 Å². The zero-order chi connectivity index (χ0) is 27.2. The van der Waals surface area contributed by atoms with Crippen molar-refractivity contribution >= 4 is 17.8 Å². The monoisotopic (exact) mass is 522 g/mol. The first-order valence-corrected chi connectivity index (χ1v) is 13.2. The Balaban J connectivity index is 1.16. The van der Waals surface area contributed by atoms with Crippen molar-refractivity contribution in [3.05, 3.63) is 52.6 Å². The number of rotatable bonds is 6. The standard InChI is InChI=1S/C27H38N8O3/c1-26(2,28)23(36)33-10-12-34(13-11-33)24(37)30-22-8-9-35(25(38)31-22)20-6-4-18(5-7-20)17-32(3)21-16-27(29)14-19(21)15-27/h4-9,19,21H,10-17,28-29H2,1-3H3,(H,30,31,37,38)/t19?,21-,27?/m1/s1. The lowest BCUT2D eigenvalue weighted by Gasteiger charge is -2.37. The number of carbonyl (C=O) groups excluding carboxylic acids is 2. The van der Waals surface area contributed by atoms with Gasteiger partial charge in [0.15, 0.2) is 0 Å². The molecule has 3 amide bonds. The first-order chi connectivity index (χ1) is 17.9. The molecule has 2 bridgehead atoms. The van der Waals surface area contributed by atoms with Gasteiger partial charge in [-0.05, 0) is 69.8 Å². The Morgan fingerprint density at radius 2 is 1.71 bits per heavy atom. The minimum absolute atomic E-state index is 0.0601. The van der Waals surface area contributed by atoms with Crippen molar-refractivity contribution in [1.82, 2.24) is 24.3 Å². The normalized spacial score (nSPS) is 24.9. The number of benzene rings is 1. The first-order valence-electron chi connectivity index (χ1n) is 13.2. The molecule has 0 radical (unpaired) electrons. The van der Waals surface area contributed by atoms with Crippen LogP contribution in [0.4, 0.5) is 10.6 Å². The van der Waals surface area contributed by atoms with E-state index in [9.17, 15) is 14.4 Å². The number of piperazine rings is 1. The Morgan fingerprint density at radius 1 is 1.08 bits per heavy atom. The van der Waals surface area contributed by atoms with E-state index in [0.717, 1.165) is 25.8 Å². The average molecular weight is 523 g/mol. The van der Waals surface area contributed by atoms with E-state index in [0.29, 0.717) is 43.8 Å². The molecule has 6 rings (SSSR count). The smallest absolute Gasteiger partial charge is 0.338 e. The number of anilines is 1. The highest BCUT2D eigenvalue weighted by atomic mass is 16.2. The Morgan fingerprint density at radius 3 is 2.26 bits per heavy atom. The van der Waals surface area contributed by atoms with Crippen LogP contribution in [0.5, 0.6) is 0 Å². The van der Waals surface area contributed by atoms with Gasteiger partial charge in [0.05, 0.1) is 11.2 Å². The van der Waals surface area contributed by atoms with E-state index in [2.05, 4.69) is 22.2 Å². The topological polar surface area (TPSA) is 143 Å². The molecule has 11 nitrogen and oxygen atoms in total. The van der Waals surface area contributed by atoms with Crippen LogP contribution in [-0.4, -0.2) is 86.5 Å². The molecule has 4 fully saturated rings. The molecule has 204 valence electrons. The second-order valence-electron chi connectivity index (χ2n) is 11.8. The molecule has 1 aromatic heterocycles. The van der Waals surface area contributed by atoms with E-state index < -0.39 is 11.2 Å². The molecule has 2 aromatic rings. The summed E-state index contributed by atoms with van der Waals surface area (Å²) < 4.78 is 1.45. The number of nitrogens with two attached hydrogens (primary N) is 2. The van der Waals surface area contributed by atoms with Crippen molar-refractivity contribution in [2.75, 3.05) is 38.5 Å². The average Bonchev–Trinajstić information content (AvgIpc) is 3.38. The number of amides is 3. The Kier molecular flexibility index (Phi) is 6.79. The number of hydrogen-bond acceptors (Lipinski definition) is 7. The van der Waals surface area contributed by atoms with Gasteiger partial charge in [0.1, 0.15) is 5.82 Å². The summed E-state index contributed by atoms with van der Waals surface area (Å²) in [7, 11) is 2.16. The lowest BCUT2D eigenvalue weighted by Crippen LogP contribution is -2.58. The van der Waals surface area contributed by atoms with Crippen LogP contribution in [0, 0.1) is 5.92 Å². The van der Waals surface area contributed by atoms with Gasteiger partial charge in [0, 0.05) is 50.5 Å². The molecular formula is C27H38N8O3. The SMILES string of the molecule is CN(Cc1ccc(-n2ccc(NC(=O)N3CCN(C(=O)C(C)(C)N)CC3)nc2=O)cc1)[C@@H]1CC2(N)CC1C2. The summed E-state index contributed by atoms with van der Waals surface area (Å²) in [5.74, 6) is 0.756. The Labute approximate surface area is 222 Å². The van der Waals surface area contributed by atoms with Gasteiger partial charge in [-0.25, -0.2) is 9.59 Å². The fourth-order valence-electron chi connectivity index (χ4n) is 6.07. The summed E-state index contributed by atoms with van der Waals surface area (Å²) in [5, 5.41) is 2.69.